The van der Waals surface area contributed by atoms with Crippen molar-refractivity contribution in [1.82, 2.24) is 25.7 Å². The Labute approximate surface area is 162 Å². The van der Waals surface area contributed by atoms with E-state index in [1.807, 2.05) is 0 Å². The van der Waals surface area contributed by atoms with Gasteiger partial charge in [0.05, 0.1) is 5.52 Å². The van der Waals surface area contributed by atoms with Crippen molar-refractivity contribution in [3.8, 4) is 0 Å². The minimum Gasteiger partial charge on any atom is -0.336 e. The number of aromatic nitrogens is 2. The second-order valence-corrected chi connectivity index (χ2v) is 7.53. The molecular formula is C18H22ClN7O. The van der Waals surface area contributed by atoms with E-state index in [-0.39, 0.29) is 23.8 Å². The number of rotatable bonds is 2. The molecular weight excluding hydrogens is 366 g/mol. The highest BCUT2D eigenvalue weighted by molar-refractivity contribution is 6.31. The molecule has 1 aromatic heterocycles. The normalized spacial score (nSPS) is 22.4. The zero-order valence-corrected chi connectivity index (χ0v) is 15.8. The third-order valence-electron chi connectivity index (χ3n) is 4.86. The molecule has 9 heteroatoms. The van der Waals surface area contributed by atoms with Gasteiger partial charge in [0.1, 0.15) is 5.84 Å². The molecule has 2 fully saturated rings. The Morgan fingerprint density at radius 1 is 1.33 bits per heavy atom. The Balaban J connectivity index is 1.73. The zero-order valence-electron chi connectivity index (χ0n) is 15.1. The molecule has 1 unspecified atom stereocenters. The number of hydrogen-bond donors (Lipinski definition) is 3. The number of aliphatic imine (C=N–C) groups is 1. The number of hydrazine groups is 1. The lowest BCUT2D eigenvalue weighted by molar-refractivity contribution is 0.0703. The minimum atomic E-state index is -0.189. The van der Waals surface area contributed by atoms with Crippen LogP contribution >= 0.6 is 11.6 Å². The monoisotopic (exact) mass is 387 g/mol. The molecule has 142 valence electrons. The number of likely N-dealkylation sites (tertiary alicyclic amines) is 1. The van der Waals surface area contributed by atoms with E-state index < -0.39 is 0 Å². The van der Waals surface area contributed by atoms with Crippen LogP contribution in [0.25, 0.3) is 10.9 Å². The second kappa shape index (κ2) is 7.38. The van der Waals surface area contributed by atoms with Gasteiger partial charge in [-0.2, -0.15) is 0 Å². The van der Waals surface area contributed by atoms with Crippen LogP contribution in [0.15, 0.2) is 23.2 Å². The van der Waals surface area contributed by atoms with Crippen molar-refractivity contribution in [1.29, 1.82) is 0 Å². The van der Waals surface area contributed by atoms with E-state index in [9.17, 15) is 4.79 Å². The summed E-state index contributed by atoms with van der Waals surface area (Å²) >= 11 is 6.15. The summed E-state index contributed by atoms with van der Waals surface area (Å²) in [6.07, 6.45) is 2.33. The summed E-state index contributed by atoms with van der Waals surface area (Å²) in [4.78, 5) is 28.2. The lowest BCUT2D eigenvalue weighted by Crippen LogP contribution is -2.43. The Hall–Kier alpha value is -2.29. The maximum atomic E-state index is 12.9. The van der Waals surface area contributed by atoms with Crippen molar-refractivity contribution < 1.29 is 4.79 Å². The summed E-state index contributed by atoms with van der Waals surface area (Å²) in [6, 6.07) is 5.74. The smallest absolute Gasteiger partial charge is 0.291 e. The van der Waals surface area contributed by atoms with Crippen LogP contribution < -0.4 is 16.6 Å². The first-order valence-corrected chi connectivity index (χ1v) is 9.48. The number of amides is 1. The molecule has 2 aromatic rings. The van der Waals surface area contributed by atoms with Crippen LogP contribution in [0.1, 0.15) is 36.8 Å². The van der Waals surface area contributed by atoms with Crippen LogP contribution in [0, 0.1) is 0 Å². The highest BCUT2D eigenvalue weighted by Gasteiger charge is 2.25. The maximum Gasteiger partial charge on any atom is 0.291 e. The molecule has 1 amide bonds. The first kappa shape index (κ1) is 18.1. The first-order valence-electron chi connectivity index (χ1n) is 9.11. The van der Waals surface area contributed by atoms with E-state index in [0.29, 0.717) is 34.8 Å². The quantitative estimate of drug-likeness (QED) is 0.724. The SMILES string of the molecule is CC1CC(=Nc2nc(C(=O)N3CCC(N)CC3)nc3ccc(Cl)cc23)NN1. The Bertz CT molecular complexity index is 908. The van der Waals surface area contributed by atoms with Gasteiger partial charge in [-0.25, -0.2) is 20.4 Å². The highest BCUT2D eigenvalue weighted by atomic mass is 35.5. The average Bonchev–Trinajstić information content (AvgIpc) is 3.07. The van der Waals surface area contributed by atoms with Crippen molar-refractivity contribution in [3.63, 3.8) is 0 Å². The molecule has 1 atom stereocenters. The van der Waals surface area contributed by atoms with Gasteiger partial charge in [-0.3, -0.25) is 4.79 Å². The number of nitrogens with one attached hydrogen (secondary N) is 2. The van der Waals surface area contributed by atoms with Crippen LogP contribution in [0.3, 0.4) is 0 Å². The fourth-order valence-electron chi connectivity index (χ4n) is 3.31. The van der Waals surface area contributed by atoms with E-state index in [2.05, 4.69) is 32.7 Å². The molecule has 3 heterocycles. The average molecular weight is 388 g/mol. The topological polar surface area (TPSA) is 109 Å². The van der Waals surface area contributed by atoms with Crippen LogP contribution in [0.5, 0.6) is 0 Å². The first-order chi connectivity index (χ1) is 13.0. The molecule has 0 aliphatic carbocycles. The summed E-state index contributed by atoms with van der Waals surface area (Å²) in [7, 11) is 0. The molecule has 2 aliphatic rings. The molecule has 0 saturated carbocycles. The number of carbonyl (C=O) groups is 1. The fraction of sp³-hybridized carbons (Fsp3) is 0.444. The number of carbonyl (C=O) groups excluding carboxylic acids is 1. The third-order valence-corrected chi connectivity index (χ3v) is 5.09. The van der Waals surface area contributed by atoms with Gasteiger partial charge in [-0.1, -0.05) is 11.6 Å². The van der Waals surface area contributed by atoms with Gasteiger partial charge in [0, 0.05) is 42.0 Å². The summed E-state index contributed by atoms with van der Waals surface area (Å²) in [5, 5.41) is 1.29. The van der Waals surface area contributed by atoms with E-state index in [1.165, 1.54) is 0 Å². The Morgan fingerprint density at radius 3 is 2.81 bits per heavy atom. The predicted molar refractivity (Wildman–Crippen MR) is 105 cm³/mol. The van der Waals surface area contributed by atoms with Crippen LogP contribution in [-0.4, -0.2) is 51.8 Å². The maximum absolute atomic E-state index is 12.9. The molecule has 4 rings (SSSR count). The molecule has 4 N–H and O–H groups in total. The highest BCUT2D eigenvalue weighted by Crippen LogP contribution is 2.27. The van der Waals surface area contributed by atoms with E-state index in [1.54, 1.807) is 23.1 Å². The number of amidine groups is 1. The summed E-state index contributed by atoms with van der Waals surface area (Å²) in [5.41, 5.74) is 12.7. The number of fused-ring (bicyclic) bond motifs is 1. The van der Waals surface area contributed by atoms with Crippen molar-refractivity contribution in [3.05, 3.63) is 29.0 Å². The van der Waals surface area contributed by atoms with Crippen molar-refractivity contribution in [2.75, 3.05) is 13.1 Å². The van der Waals surface area contributed by atoms with Crippen LogP contribution in [0.4, 0.5) is 5.82 Å². The third kappa shape index (κ3) is 3.87. The Morgan fingerprint density at radius 2 is 2.11 bits per heavy atom. The van der Waals surface area contributed by atoms with Gasteiger partial charge in [-0.05, 0) is 38.0 Å². The van der Waals surface area contributed by atoms with Crippen LogP contribution in [-0.2, 0) is 0 Å². The summed E-state index contributed by atoms with van der Waals surface area (Å²) in [6.45, 7) is 3.30. The number of nitrogens with two attached hydrogens (primary N) is 1. The van der Waals surface area contributed by atoms with Crippen molar-refractivity contribution in [2.24, 2.45) is 10.7 Å². The molecule has 0 radical (unpaired) electrons. The molecule has 8 nitrogen and oxygen atoms in total. The number of halogens is 1. The second-order valence-electron chi connectivity index (χ2n) is 7.09. The number of benzene rings is 1. The molecule has 2 saturated heterocycles. The molecule has 0 spiro atoms. The lowest BCUT2D eigenvalue weighted by Gasteiger charge is -2.29. The zero-order chi connectivity index (χ0) is 19.0. The van der Waals surface area contributed by atoms with Gasteiger partial charge >= 0.3 is 0 Å². The Kier molecular flexibility index (Phi) is 4.94. The standard InChI is InChI=1S/C18H22ClN7O/c1-10-8-15(25-24-10)22-16-13-9-11(19)2-3-14(13)21-17(23-16)18(27)26-6-4-12(20)5-7-26/h2-3,9-10,12,24H,4-8,20H2,1H3,(H,21,22,23,25). The van der Waals surface area contributed by atoms with E-state index >= 15 is 0 Å². The van der Waals surface area contributed by atoms with Gasteiger partial charge in [0.15, 0.2) is 5.82 Å². The van der Waals surface area contributed by atoms with Gasteiger partial charge < -0.3 is 16.1 Å². The molecule has 27 heavy (non-hydrogen) atoms. The lowest BCUT2D eigenvalue weighted by atomic mass is 10.1. The van der Waals surface area contributed by atoms with Gasteiger partial charge in [-0.15, -0.1) is 0 Å². The van der Waals surface area contributed by atoms with E-state index in [4.69, 9.17) is 17.3 Å². The fourth-order valence-corrected chi connectivity index (χ4v) is 3.48. The largest absolute Gasteiger partial charge is 0.336 e. The molecule has 2 aliphatic heterocycles. The predicted octanol–water partition coefficient (Wildman–Crippen LogP) is 1.76. The van der Waals surface area contributed by atoms with Crippen molar-refractivity contribution >= 4 is 40.1 Å². The molecule has 1 aromatic carbocycles. The molecule has 0 bridgehead atoms. The summed E-state index contributed by atoms with van der Waals surface area (Å²) < 4.78 is 0. The van der Waals surface area contributed by atoms with Crippen LogP contribution in [0.2, 0.25) is 5.02 Å². The van der Waals surface area contributed by atoms with Crippen molar-refractivity contribution in [2.45, 2.75) is 38.3 Å². The number of hydrogen-bond acceptors (Lipinski definition) is 6. The van der Waals surface area contributed by atoms with E-state index in [0.717, 1.165) is 25.1 Å². The number of nitrogens with zero attached hydrogens (tertiary/aromatic N) is 4. The number of piperidine rings is 1. The van der Waals surface area contributed by atoms with Gasteiger partial charge in [0.25, 0.3) is 5.91 Å². The minimum absolute atomic E-state index is 0.151. The summed E-state index contributed by atoms with van der Waals surface area (Å²) in [5.74, 6) is 1.17. The van der Waals surface area contributed by atoms with Gasteiger partial charge in [0.2, 0.25) is 5.82 Å².